The average Bonchev–Trinajstić information content (AvgIpc) is 2.47. The number of carbonyl (C=O) groups excluding carboxylic acids is 1. The van der Waals surface area contributed by atoms with Crippen LogP contribution in [-0.4, -0.2) is 55.5 Å². The summed E-state index contributed by atoms with van der Waals surface area (Å²) in [6.07, 6.45) is 0. The highest BCUT2D eigenvalue weighted by Gasteiger charge is 2.23. The second kappa shape index (κ2) is 6.53. The molecular formula is C14H20N4O3. The molecule has 1 N–H and O–H groups in total. The molecule has 1 aromatic carbocycles. The molecule has 1 aliphatic rings. The molecule has 114 valence electrons. The monoisotopic (exact) mass is 292 g/mol. The van der Waals surface area contributed by atoms with Gasteiger partial charge in [0, 0.05) is 38.8 Å². The van der Waals surface area contributed by atoms with E-state index < -0.39 is 4.92 Å². The molecular weight excluding hydrogens is 272 g/mol. The van der Waals surface area contributed by atoms with E-state index in [-0.39, 0.29) is 18.1 Å². The number of nitro benzene ring substituents is 1. The van der Waals surface area contributed by atoms with E-state index in [4.69, 9.17) is 0 Å². The molecule has 0 aliphatic carbocycles. The minimum absolute atomic E-state index is 0.00481. The van der Waals surface area contributed by atoms with E-state index in [9.17, 15) is 14.9 Å². The fourth-order valence-corrected chi connectivity index (χ4v) is 2.49. The van der Waals surface area contributed by atoms with Gasteiger partial charge in [0.05, 0.1) is 11.5 Å². The van der Waals surface area contributed by atoms with Gasteiger partial charge in [-0.3, -0.25) is 14.9 Å². The second-order valence-corrected chi connectivity index (χ2v) is 5.19. The van der Waals surface area contributed by atoms with Crippen molar-refractivity contribution in [2.24, 2.45) is 0 Å². The first kappa shape index (κ1) is 15.2. The van der Waals surface area contributed by atoms with Crippen molar-refractivity contribution in [2.45, 2.75) is 6.92 Å². The predicted molar refractivity (Wildman–Crippen MR) is 80.6 cm³/mol. The number of carbonyl (C=O) groups is 1. The Hall–Kier alpha value is -2.15. The fourth-order valence-electron chi connectivity index (χ4n) is 2.49. The van der Waals surface area contributed by atoms with Crippen LogP contribution in [0.2, 0.25) is 0 Å². The Bertz CT molecular complexity index is 541. The first-order valence-corrected chi connectivity index (χ1v) is 6.94. The first-order chi connectivity index (χ1) is 10.0. The van der Waals surface area contributed by atoms with Crippen LogP contribution in [0.1, 0.15) is 5.56 Å². The van der Waals surface area contributed by atoms with Crippen LogP contribution < -0.4 is 10.2 Å². The van der Waals surface area contributed by atoms with Crippen LogP contribution in [0.25, 0.3) is 0 Å². The van der Waals surface area contributed by atoms with Crippen LogP contribution in [0.5, 0.6) is 0 Å². The molecule has 7 nitrogen and oxygen atoms in total. The molecule has 0 unspecified atom stereocenters. The molecule has 1 fully saturated rings. The summed E-state index contributed by atoms with van der Waals surface area (Å²) in [5.74, 6) is -0.00481. The molecule has 0 spiro atoms. The zero-order chi connectivity index (χ0) is 15.4. The molecule has 1 aliphatic heterocycles. The number of nitrogens with zero attached hydrogens (tertiary/aromatic N) is 3. The van der Waals surface area contributed by atoms with E-state index in [1.54, 1.807) is 42.0 Å². The van der Waals surface area contributed by atoms with Crippen LogP contribution in [0.4, 0.5) is 11.4 Å². The number of rotatable bonds is 4. The summed E-state index contributed by atoms with van der Waals surface area (Å²) < 4.78 is 0. The number of amides is 1. The summed E-state index contributed by atoms with van der Waals surface area (Å²) in [4.78, 5) is 26.5. The van der Waals surface area contributed by atoms with Gasteiger partial charge in [-0.1, -0.05) is 12.1 Å². The van der Waals surface area contributed by atoms with Gasteiger partial charge in [-0.05, 0) is 13.0 Å². The molecule has 0 saturated carbocycles. The standard InChI is InChI=1S/C14H20N4O3/c1-11-4-3-5-12(14(11)18(20)21)16(2)10-13(19)17-8-6-15-7-9-17/h3-5,15H,6-10H2,1-2H3. The highest BCUT2D eigenvalue weighted by atomic mass is 16.6. The lowest BCUT2D eigenvalue weighted by molar-refractivity contribution is -0.384. The van der Waals surface area contributed by atoms with E-state index in [1.807, 2.05) is 0 Å². The Morgan fingerprint density at radius 2 is 2.10 bits per heavy atom. The molecule has 0 atom stereocenters. The van der Waals surface area contributed by atoms with Crippen molar-refractivity contribution in [3.8, 4) is 0 Å². The maximum Gasteiger partial charge on any atom is 0.295 e. The van der Waals surface area contributed by atoms with Crippen molar-refractivity contribution in [1.82, 2.24) is 10.2 Å². The summed E-state index contributed by atoms with van der Waals surface area (Å²) in [5, 5.41) is 14.4. The predicted octanol–water partition coefficient (Wildman–Crippen LogP) is 0.771. The third kappa shape index (κ3) is 3.49. The van der Waals surface area contributed by atoms with E-state index in [2.05, 4.69) is 5.32 Å². The number of piperazine rings is 1. The van der Waals surface area contributed by atoms with Crippen LogP contribution >= 0.6 is 0 Å². The Kier molecular flexibility index (Phi) is 4.74. The average molecular weight is 292 g/mol. The molecule has 1 heterocycles. The van der Waals surface area contributed by atoms with E-state index in [1.165, 1.54) is 0 Å². The zero-order valence-corrected chi connectivity index (χ0v) is 12.3. The lowest BCUT2D eigenvalue weighted by Gasteiger charge is -2.29. The van der Waals surface area contributed by atoms with Crippen LogP contribution in [0.15, 0.2) is 18.2 Å². The lowest BCUT2D eigenvalue weighted by Crippen LogP contribution is -2.49. The molecule has 0 radical (unpaired) electrons. The number of aryl methyl sites for hydroxylation is 1. The van der Waals surface area contributed by atoms with Gasteiger partial charge in [0.2, 0.25) is 5.91 Å². The van der Waals surface area contributed by atoms with Crippen molar-refractivity contribution >= 4 is 17.3 Å². The van der Waals surface area contributed by atoms with Crippen LogP contribution in [0, 0.1) is 17.0 Å². The third-order valence-corrected chi connectivity index (χ3v) is 3.65. The number of benzene rings is 1. The highest BCUT2D eigenvalue weighted by Crippen LogP contribution is 2.30. The Morgan fingerprint density at radius 1 is 1.43 bits per heavy atom. The van der Waals surface area contributed by atoms with Gasteiger partial charge in [-0.25, -0.2) is 0 Å². The number of para-hydroxylation sites is 1. The third-order valence-electron chi connectivity index (χ3n) is 3.65. The van der Waals surface area contributed by atoms with Gasteiger partial charge in [-0.15, -0.1) is 0 Å². The van der Waals surface area contributed by atoms with Gasteiger partial charge in [-0.2, -0.15) is 0 Å². The summed E-state index contributed by atoms with van der Waals surface area (Å²) in [7, 11) is 1.71. The molecule has 1 amide bonds. The highest BCUT2D eigenvalue weighted by molar-refractivity contribution is 5.83. The molecule has 0 aromatic heterocycles. The van der Waals surface area contributed by atoms with Crippen LogP contribution in [-0.2, 0) is 4.79 Å². The number of hydrogen-bond donors (Lipinski definition) is 1. The number of nitrogens with one attached hydrogen (secondary N) is 1. The summed E-state index contributed by atoms with van der Waals surface area (Å²) in [6, 6.07) is 5.15. The van der Waals surface area contributed by atoms with E-state index in [0.717, 1.165) is 13.1 Å². The van der Waals surface area contributed by atoms with E-state index >= 15 is 0 Å². The topological polar surface area (TPSA) is 78.7 Å². The molecule has 7 heteroatoms. The summed E-state index contributed by atoms with van der Waals surface area (Å²) in [5.41, 5.74) is 1.13. The quantitative estimate of drug-likeness (QED) is 0.655. The van der Waals surface area contributed by atoms with Crippen molar-refractivity contribution in [2.75, 3.05) is 44.7 Å². The molecule has 2 rings (SSSR count). The van der Waals surface area contributed by atoms with Gasteiger partial charge in [0.1, 0.15) is 5.69 Å². The number of anilines is 1. The lowest BCUT2D eigenvalue weighted by atomic mass is 10.1. The van der Waals surface area contributed by atoms with E-state index in [0.29, 0.717) is 24.3 Å². The SMILES string of the molecule is Cc1cccc(N(C)CC(=O)N2CCNCC2)c1[N+](=O)[O-]. The molecule has 0 bridgehead atoms. The summed E-state index contributed by atoms with van der Waals surface area (Å²) in [6.45, 7) is 4.79. The van der Waals surface area contributed by atoms with Gasteiger partial charge in [0.15, 0.2) is 0 Å². The van der Waals surface area contributed by atoms with Crippen molar-refractivity contribution in [3.63, 3.8) is 0 Å². The van der Waals surface area contributed by atoms with Crippen molar-refractivity contribution < 1.29 is 9.72 Å². The fraction of sp³-hybridized carbons (Fsp3) is 0.500. The van der Waals surface area contributed by atoms with Gasteiger partial charge >= 0.3 is 0 Å². The largest absolute Gasteiger partial charge is 0.360 e. The first-order valence-electron chi connectivity index (χ1n) is 6.94. The minimum atomic E-state index is -0.392. The number of likely N-dealkylation sites (N-methyl/N-ethyl adjacent to an activating group) is 1. The normalized spacial score (nSPS) is 14.9. The molecule has 1 saturated heterocycles. The minimum Gasteiger partial charge on any atom is -0.360 e. The molecule has 1 aromatic rings. The Labute approximate surface area is 123 Å². The zero-order valence-electron chi connectivity index (χ0n) is 12.3. The Morgan fingerprint density at radius 3 is 2.71 bits per heavy atom. The van der Waals surface area contributed by atoms with Crippen molar-refractivity contribution in [3.05, 3.63) is 33.9 Å². The smallest absolute Gasteiger partial charge is 0.295 e. The van der Waals surface area contributed by atoms with Gasteiger partial charge in [0.25, 0.3) is 5.69 Å². The van der Waals surface area contributed by atoms with Crippen LogP contribution in [0.3, 0.4) is 0 Å². The Balaban J connectivity index is 2.13. The summed E-state index contributed by atoms with van der Waals surface area (Å²) >= 11 is 0. The maximum atomic E-state index is 12.2. The maximum absolute atomic E-state index is 12.2. The number of nitro groups is 1. The number of hydrogen-bond acceptors (Lipinski definition) is 5. The van der Waals surface area contributed by atoms with Gasteiger partial charge < -0.3 is 15.1 Å². The molecule has 21 heavy (non-hydrogen) atoms. The second-order valence-electron chi connectivity index (χ2n) is 5.19. The van der Waals surface area contributed by atoms with Crippen molar-refractivity contribution in [1.29, 1.82) is 0 Å².